The van der Waals surface area contributed by atoms with Gasteiger partial charge in [0.25, 0.3) is 0 Å². The molecule has 2 aliphatic carbocycles. The first kappa shape index (κ1) is 14.3. The summed E-state index contributed by atoms with van der Waals surface area (Å²) in [5.74, 6) is 0. The first-order valence-electron chi connectivity index (χ1n) is 8.23. The minimum atomic E-state index is 0.176. The van der Waals surface area contributed by atoms with Gasteiger partial charge >= 0.3 is 0 Å². The second kappa shape index (κ2) is 7.49. The molecule has 2 aliphatic rings. The molecule has 2 fully saturated rings. The highest BCUT2D eigenvalue weighted by Gasteiger charge is 2.35. The molecule has 2 rings (SSSR count). The van der Waals surface area contributed by atoms with Crippen LogP contribution in [-0.4, -0.2) is 24.8 Å². The Morgan fingerprint density at radius 1 is 1.00 bits per heavy atom. The molecule has 2 heteroatoms. The van der Waals surface area contributed by atoms with Crippen LogP contribution in [0.4, 0.5) is 0 Å². The van der Waals surface area contributed by atoms with E-state index in [1.54, 1.807) is 0 Å². The number of ether oxygens (including phenoxy) is 1. The van der Waals surface area contributed by atoms with Crippen molar-refractivity contribution >= 4 is 0 Å². The molecular formula is C16H31NO. The fourth-order valence-electron chi connectivity index (χ4n) is 3.56. The summed E-state index contributed by atoms with van der Waals surface area (Å²) in [4.78, 5) is 0. The van der Waals surface area contributed by atoms with Gasteiger partial charge in [0, 0.05) is 6.54 Å². The Balaban J connectivity index is 1.85. The molecule has 0 saturated heterocycles. The maximum absolute atomic E-state index is 6.60. The van der Waals surface area contributed by atoms with Gasteiger partial charge in [0.1, 0.15) is 0 Å². The molecule has 18 heavy (non-hydrogen) atoms. The van der Waals surface area contributed by atoms with Gasteiger partial charge in [0.2, 0.25) is 0 Å². The molecule has 0 spiro atoms. The third-order valence-electron chi connectivity index (χ3n) is 4.61. The zero-order chi connectivity index (χ0) is 12.7. The number of hydrogen-bond acceptors (Lipinski definition) is 2. The Hall–Kier alpha value is -0.0800. The lowest BCUT2D eigenvalue weighted by atomic mass is 9.83. The van der Waals surface area contributed by atoms with Gasteiger partial charge < -0.3 is 10.1 Å². The predicted octanol–water partition coefficient (Wildman–Crippen LogP) is 4.04. The van der Waals surface area contributed by atoms with Crippen LogP contribution >= 0.6 is 0 Å². The smallest absolute Gasteiger partial charge is 0.0810 e. The molecule has 0 heterocycles. The van der Waals surface area contributed by atoms with Crippen LogP contribution in [0, 0.1) is 0 Å². The molecule has 106 valence electrons. The van der Waals surface area contributed by atoms with E-state index in [1.807, 2.05) is 0 Å². The van der Waals surface area contributed by atoms with Crippen LogP contribution in [0.1, 0.15) is 77.6 Å². The van der Waals surface area contributed by atoms with Crippen LogP contribution in [0.3, 0.4) is 0 Å². The van der Waals surface area contributed by atoms with Crippen LogP contribution < -0.4 is 5.32 Å². The van der Waals surface area contributed by atoms with Crippen LogP contribution in [0.25, 0.3) is 0 Å². The summed E-state index contributed by atoms with van der Waals surface area (Å²) in [6.07, 6.45) is 15.2. The monoisotopic (exact) mass is 253 g/mol. The van der Waals surface area contributed by atoms with Gasteiger partial charge in [-0.25, -0.2) is 0 Å². The summed E-state index contributed by atoms with van der Waals surface area (Å²) >= 11 is 0. The average Bonchev–Trinajstić information content (AvgIpc) is 2.41. The fraction of sp³-hybridized carbons (Fsp3) is 1.00. The largest absolute Gasteiger partial charge is 0.370 e. The minimum absolute atomic E-state index is 0.176. The van der Waals surface area contributed by atoms with Crippen molar-refractivity contribution in [3.8, 4) is 0 Å². The maximum atomic E-state index is 6.60. The van der Waals surface area contributed by atoms with Gasteiger partial charge in [0.05, 0.1) is 11.7 Å². The summed E-state index contributed by atoms with van der Waals surface area (Å²) in [6, 6.07) is 0. The molecular weight excluding hydrogens is 222 g/mol. The molecule has 0 aromatic heterocycles. The quantitative estimate of drug-likeness (QED) is 0.721. The van der Waals surface area contributed by atoms with Gasteiger partial charge in [-0.1, -0.05) is 45.4 Å². The first-order valence-corrected chi connectivity index (χ1v) is 8.23. The van der Waals surface area contributed by atoms with E-state index in [1.165, 1.54) is 70.6 Å². The van der Waals surface area contributed by atoms with Gasteiger partial charge in [0.15, 0.2) is 0 Å². The average molecular weight is 253 g/mol. The Kier molecular flexibility index (Phi) is 5.97. The van der Waals surface area contributed by atoms with Crippen molar-refractivity contribution in [3.63, 3.8) is 0 Å². The van der Waals surface area contributed by atoms with Crippen LogP contribution in [-0.2, 0) is 4.74 Å². The van der Waals surface area contributed by atoms with Crippen molar-refractivity contribution < 1.29 is 4.74 Å². The molecule has 0 radical (unpaired) electrons. The van der Waals surface area contributed by atoms with Crippen molar-refractivity contribution in [1.29, 1.82) is 0 Å². The highest BCUT2D eigenvalue weighted by atomic mass is 16.5. The summed E-state index contributed by atoms with van der Waals surface area (Å²) in [6.45, 7) is 4.45. The third-order valence-corrected chi connectivity index (χ3v) is 4.61. The SMILES string of the molecule is CCCNCC1(OC2CCCCC2)CCCCC1. The zero-order valence-electron chi connectivity index (χ0n) is 12.2. The van der Waals surface area contributed by atoms with Gasteiger partial charge in [-0.15, -0.1) is 0 Å². The molecule has 0 amide bonds. The van der Waals surface area contributed by atoms with E-state index < -0.39 is 0 Å². The Morgan fingerprint density at radius 3 is 2.33 bits per heavy atom. The van der Waals surface area contributed by atoms with E-state index in [0.717, 1.165) is 13.1 Å². The van der Waals surface area contributed by atoms with Gasteiger partial charge in [-0.3, -0.25) is 0 Å². The Morgan fingerprint density at radius 2 is 1.67 bits per heavy atom. The second-order valence-corrected chi connectivity index (χ2v) is 6.30. The van der Waals surface area contributed by atoms with E-state index in [4.69, 9.17) is 4.74 Å². The highest BCUT2D eigenvalue weighted by Crippen LogP contribution is 2.35. The highest BCUT2D eigenvalue weighted by molar-refractivity contribution is 4.88. The molecule has 2 nitrogen and oxygen atoms in total. The van der Waals surface area contributed by atoms with Gasteiger partial charge in [-0.2, -0.15) is 0 Å². The van der Waals surface area contributed by atoms with Crippen molar-refractivity contribution in [3.05, 3.63) is 0 Å². The zero-order valence-corrected chi connectivity index (χ0v) is 12.2. The Bertz CT molecular complexity index is 217. The number of hydrogen-bond donors (Lipinski definition) is 1. The Labute approximate surface area is 113 Å². The molecule has 0 bridgehead atoms. The van der Waals surface area contributed by atoms with Gasteiger partial charge in [-0.05, 0) is 38.6 Å². The van der Waals surface area contributed by atoms with E-state index in [-0.39, 0.29) is 5.60 Å². The predicted molar refractivity (Wildman–Crippen MR) is 76.9 cm³/mol. The summed E-state index contributed by atoms with van der Waals surface area (Å²) in [5, 5.41) is 3.61. The number of nitrogens with one attached hydrogen (secondary N) is 1. The molecule has 0 atom stereocenters. The summed E-state index contributed by atoms with van der Waals surface area (Å²) in [7, 11) is 0. The van der Waals surface area contributed by atoms with Crippen molar-refractivity contribution in [1.82, 2.24) is 5.32 Å². The normalized spacial score (nSPS) is 25.2. The van der Waals surface area contributed by atoms with E-state index in [2.05, 4.69) is 12.2 Å². The van der Waals surface area contributed by atoms with Crippen LogP contribution in [0.5, 0.6) is 0 Å². The van der Waals surface area contributed by atoms with Crippen molar-refractivity contribution in [2.24, 2.45) is 0 Å². The van der Waals surface area contributed by atoms with E-state index in [9.17, 15) is 0 Å². The standard InChI is InChI=1S/C16H31NO/c1-2-13-17-14-16(11-7-4-8-12-16)18-15-9-5-3-6-10-15/h15,17H,2-14H2,1H3. The van der Waals surface area contributed by atoms with Crippen molar-refractivity contribution in [2.45, 2.75) is 89.3 Å². The molecule has 0 aromatic rings. The molecule has 0 unspecified atom stereocenters. The minimum Gasteiger partial charge on any atom is -0.370 e. The summed E-state index contributed by atoms with van der Waals surface area (Å²) < 4.78 is 6.60. The second-order valence-electron chi connectivity index (χ2n) is 6.30. The summed E-state index contributed by atoms with van der Waals surface area (Å²) in [5.41, 5.74) is 0.176. The van der Waals surface area contributed by atoms with Crippen LogP contribution in [0.15, 0.2) is 0 Å². The molecule has 2 saturated carbocycles. The van der Waals surface area contributed by atoms with Crippen LogP contribution in [0.2, 0.25) is 0 Å². The lowest BCUT2D eigenvalue weighted by Gasteiger charge is -2.41. The first-order chi connectivity index (χ1) is 8.85. The van der Waals surface area contributed by atoms with E-state index >= 15 is 0 Å². The molecule has 0 aliphatic heterocycles. The lowest BCUT2D eigenvalue weighted by molar-refractivity contribution is -0.121. The number of rotatable bonds is 6. The lowest BCUT2D eigenvalue weighted by Crippen LogP contribution is -2.47. The van der Waals surface area contributed by atoms with E-state index in [0.29, 0.717) is 6.10 Å². The third kappa shape index (κ3) is 4.24. The molecule has 1 N–H and O–H groups in total. The topological polar surface area (TPSA) is 21.3 Å². The maximum Gasteiger partial charge on any atom is 0.0810 e. The molecule has 0 aromatic carbocycles. The fourth-order valence-corrected chi connectivity index (χ4v) is 3.56. The van der Waals surface area contributed by atoms with Crippen molar-refractivity contribution in [2.75, 3.05) is 13.1 Å².